The molecule has 0 saturated heterocycles. The Morgan fingerprint density at radius 2 is 2.13 bits per heavy atom. The molecule has 1 amide bonds. The number of aryl methyl sites for hydroxylation is 1. The Bertz CT molecular complexity index is 732. The van der Waals surface area contributed by atoms with E-state index in [1.165, 1.54) is 0 Å². The SMILES string of the molecule is Cc1cccc(NC(=O)CN(C)c2cc(Cl)nc(C3CC3)n2)n1. The minimum Gasteiger partial charge on any atom is -0.350 e. The monoisotopic (exact) mass is 331 g/mol. The van der Waals surface area contributed by atoms with Crippen LogP contribution >= 0.6 is 11.6 Å². The number of carbonyl (C=O) groups is 1. The van der Waals surface area contributed by atoms with Crippen LogP contribution in [0.1, 0.15) is 30.3 Å². The summed E-state index contributed by atoms with van der Waals surface area (Å²) in [7, 11) is 1.80. The average Bonchev–Trinajstić information content (AvgIpc) is 3.31. The van der Waals surface area contributed by atoms with Crippen LogP contribution in [0.2, 0.25) is 5.15 Å². The highest BCUT2D eigenvalue weighted by atomic mass is 35.5. The Labute approximate surface area is 139 Å². The summed E-state index contributed by atoms with van der Waals surface area (Å²) in [6.45, 7) is 2.04. The normalized spacial score (nSPS) is 13.7. The van der Waals surface area contributed by atoms with Crippen molar-refractivity contribution < 1.29 is 4.79 Å². The van der Waals surface area contributed by atoms with Crippen LogP contribution in [-0.4, -0.2) is 34.5 Å². The van der Waals surface area contributed by atoms with Crippen molar-refractivity contribution in [2.24, 2.45) is 0 Å². The first-order chi connectivity index (χ1) is 11.0. The standard InChI is InChI=1S/C16H18ClN5O/c1-10-4-3-5-13(18-10)20-15(23)9-22(2)14-8-12(17)19-16(21-14)11-6-7-11/h3-5,8,11H,6-7,9H2,1-2H3,(H,18,20,23). The molecular weight excluding hydrogens is 314 g/mol. The van der Waals surface area contributed by atoms with Gasteiger partial charge in [-0.05, 0) is 31.9 Å². The second-order valence-corrected chi connectivity index (χ2v) is 6.14. The van der Waals surface area contributed by atoms with Gasteiger partial charge >= 0.3 is 0 Å². The van der Waals surface area contributed by atoms with Crippen molar-refractivity contribution in [2.75, 3.05) is 23.8 Å². The molecule has 0 atom stereocenters. The van der Waals surface area contributed by atoms with Gasteiger partial charge in [0.1, 0.15) is 22.6 Å². The fraction of sp³-hybridized carbons (Fsp3) is 0.375. The number of pyridine rings is 1. The molecule has 2 aromatic heterocycles. The predicted octanol–water partition coefficient (Wildman–Crippen LogP) is 2.79. The van der Waals surface area contributed by atoms with Gasteiger partial charge in [-0.3, -0.25) is 4.79 Å². The predicted molar refractivity (Wildman–Crippen MR) is 89.9 cm³/mol. The zero-order chi connectivity index (χ0) is 16.4. The molecule has 0 unspecified atom stereocenters. The first kappa shape index (κ1) is 15.7. The van der Waals surface area contributed by atoms with Gasteiger partial charge in [-0.15, -0.1) is 0 Å². The van der Waals surface area contributed by atoms with Gasteiger partial charge in [0.2, 0.25) is 5.91 Å². The van der Waals surface area contributed by atoms with Crippen LogP contribution in [0.4, 0.5) is 11.6 Å². The van der Waals surface area contributed by atoms with Crippen LogP contribution < -0.4 is 10.2 Å². The lowest BCUT2D eigenvalue weighted by Crippen LogP contribution is -2.31. The molecule has 0 radical (unpaired) electrons. The number of likely N-dealkylation sites (N-methyl/N-ethyl adjacent to an activating group) is 1. The highest BCUT2D eigenvalue weighted by molar-refractivity contribution is 6.29. The van der Waals surface area contributed by atoms with E-state index in [9.17, 15) is 4.79 Å². The van der Waals surface area contributed by atoms with Gasteiger partial charge in [0.15, 0.2) is 0 Å². The summed E-state index contributed by atoms with van der Waals surface area (Å²) in [5.74, 6) is 2.21. The van der Waals surface area contributed by atoms with Crippen molar-refractivity contribution in [1.29, 1.82) is 0 Å². The quantitative estimate of drug-likeness (QED) is 0.853. The number of hydrogen-bond acceptors (Lipinski definition) is 5. The van der Waals surface area contributed by atoms with E-state index in [4.69, 9.17) is 11.6 Å². The minimum absolute atomic E-state index is 0.159. The number of anilines is 2. The van der Waals surface area contributed by atoms with E-state index >= 15 is 0 Å². The summed E-state index contributed by atoms with van der Waals surface area (Å²) < 4.78 is 0. The van der Waals surface area contributed by atoms with Crippen LogP contribution in [0, 0.1) is 6.92 Å². The molecular formula is C16H18ClN5O. The van der Waals surface area contributed by atoms with Crippen LogP contribution in [0.3, 0.4) is 0 Å². The van der Waals surface area contributed by atoms with E-state index in [-0.39, 0.29) is 12.5 Å². The Morgan fingerprint density at radius 3 is 2.83 bits per heavy atom. The smallest absolute Gasteiger partial charge is 0.245 e. The second kappa shape index (κ2) is 6.50. The molecule has 2 aromatic rings. The second-order valence-electron chi connectivity index (χ2n) is 5.75. The largest absolute Gasteiger partial charge is 0.350 e. The number of aromatic nitrogens is 3. The first-order valence-corrected chi connectivity index (χ1v) is 7.88. The van der Waals surface area contributed by atoms with Crippen molar-refractivity contribution in [3.8, 4) is 0 Å². The van der Waals surface area contributed by atoms with Crippen LogP contribution in [0.15, 0.2) is 24.3 Å². The first-order valence-electron chi connectivity index (χ1n) is 7.50. The van der Waals surface area contributed by atoms with E-state index in [1.54, 1.807) is 24.1 Å². The lowest BCUT2D eigenvalue weighted by Gasteiger charge is -2.18. The Hall–Kier alpha value is -2.21. The summed E-state index contributed by atoms with van der Waals surface area (Å²) in [5.41, 5.74) is 0.854. The highest BCUT2D eigenvalue weighted by Gasteiger charge is 2.27. The average molecular weight is 332 g/mol. The van der Waals surface area contributed by atoms with Gasteiger partial charge in [-0.2, -0.15) is 0 Å². The molecule has 6 nitrogen and oxygen atoms in total. The minimum atomic E-state index is -0.159. The summed E-state index contributed by atoms with van der Waals surface area (Å²) >= 11 is 6.06. The van der Waals surface area contributed by atoms with Gasteiger partial charge in [0, 0.05) is 24.7 Å². The highest BCUT2D eigenvalue weighted by Crippen LogP contribution is 2.39. The Kier molecular flexibility index (Phi) is 4.43. The molecule has 3 rings (SSSR count). The molecule has 1 N–H and O–H groups in total. The molecule has 23 heavy (non-hydrogen) atoms. The maximum atomic E-state index is 12.2. The topological polar surface area (TPSA) is 71.0 Å². The van der Waals surface area contributed by atoms with Crippen molar-refractivity contribution in [3.63, 3.8) is 0 Å². The third-order valence-electron chi connectivity index (χ3n) is 3.57. The fourth-order valence-corrected chi connectivity index (χ4v) is 2.42. The van der Waals surface area contributed by atoms with Crippen LogP contribution in [0.5, 0.6) is 0 Å². The molecule has 120 valence electrons. The van der Waals surface area contributed by atoms with Gasteiger partial charge in [0.25, 0.3) is 0 Å². The molecule has 1 aliphatic carbocycles. The Morgan fingerprint density at radius 1 is 1.35 bits per heavy atom. The molecule has 0 aliphatic heterocycles. The number of carbonyl (C=O) groups excluding carboxylic acids is 1. The number of nitrogens with zero attached hydrogens (tertiary/aromatic N) is 4. The number of halogens is 1. The van der Waals surface area contributed by atoms with E-state index < -0.39 is 0 Å². The zero-order valence-electron chi connectivity index (χ0n) is 13.1. The van der Waals surface area contributed by atoms with Crippen molar-refractivity contribution >= 4 is 29.1 Å². The number of nitrogens with one attached hydrogen (secondary N) is 1. The molecule has 1 fully saturated rings. The maximum Gasteiger partial charge on any atom is 0.245 e. The van der Waals surface area contributed by atoms with Crippen LogP contribution in [-0.2, 0) is 4.79 Å². The third kappa shape index (κ3) is 4.16. The molecule has 0 spiro atoms. The summed E-state index contributed by atoms with van der Waals surface area (Å²) in [4.78, 5) is 26.9. The molecule has 1 saturated carbocycles. The summed E-state index contributed by atoms with van der Waals surface area (Å²) in [6.07, 6.45) is 2.20. The van der Waals surface area contributed by atoms with Gasteiger partial charge < -0.3 is 10.2 Å². The summed E-state index contributed by atoms with van der Waals surface area (Å²) in [5, 5.41) is 3.19. The lowest BCUT2D eigenvalue weighted by molar-refractivity contribution is -0.114. The maximum absolute atomic E-state index is 12.2. The number of hydrogen-bond donors (Lipinski definition) is 1. The van der Waals surface area contributed by atoms with Gasteiger partial charge in [-0.25, -0.2) is 15.0 Å². The van der Waals surface area contributed by atoms with E-state index in [1.807, 2.05) is 19.1 Å². The van der Waals surface area contributed by atoms with Gasteiger partial charge in [-0.1, -0.05) is 17.7 Å². The number of amides is 1. The molecule has 0 aromatic carbocycles. The number of rotatable bonds is 5. The molecule has 1 aliphatic rings. The van der Waals surface area contributed by atoms with E-state index in [0.29, 0.717) is 22.7 Å². The van der Waals surface area contributed by atoms with E-state index in [0.717, 1.165) is 24.4 Å². The van der Waals surface area contributed by atoms with Crippen molar-refractivity contribution in [3.05, 3.63) is 40.9 Å². The van der Waals surface area contributed by atoms with Gasteiger partial charge in [0.05, 0.1) is 6.54 Å². The molecule has 0 bridgehead atoms. The summed E-state index contributed by atoms with van der Waals surface area (Å²) in [6, 6.07) is 7.17. The van der Waals surface area contributed by atoms with E-state index in [2.05, 4.69) is 20.3 Å². The zero-order valence-corrected chi connectivity index (χ0v) is 13.8. The fourth-order valence-electron chi connectivity index (χ4n) is 2.23. The lowest BCUT2D eigenvalue weighted by atomic mass is 10.3. The molecule has 2 heterocycles. The van der Waals surface area contributed by atoms with Crippen molar-refractivity contribution in [2.45, 2.75) is 25.7 Å². The van der Waals surface area contributed by atoms with Crippen LogP contribution in [0.25, 0.3) is 0 Å². The van der Waals surface area contributed by atoms with Crippen molar-refractivity contribution in [1.82, 2.24) is 15.0 Å². The third-order valence-corrected chi connectivity index (χ3v) is 3.76. The Balaban J connectivity index is 1.66. The molecule has 7 heteroatoms.